The molecular weight excluding hydrogens is 424 g/mol. The van der Waals surface area contributed by atoms with E-state index in [0.29, 0.717) is 17.6 Å². The molecular formula is C23H24N6O2S. The van der Waals surface area contributed by atoms with Crippen molar-refractivity contribution >= 4 is 40.5 Å². The molecule has 1 saturated heterocycles. The molecule has 2 N–H and O–H groups in total. The highest BCUT2D eigenvalue weighted by Crippen LogP contribution is 2.38. The molecule has 0 spiro atoms. The average Bonchev–Trinajstić information content (AvgIpc) is 3.47. The molecule has 2 amide bonds. The summed E-state index contributed by atoms with van der Waals surface area (Å²) in [6, 6.07) is 7.74. The van der Waals surface area contributed by atoms with E-state index in [1.54, 1.807) is 29.5 Å². The van der Waals surface area contributed by atoms with E-state index in [-0.39, 0.29) is 18.2 Å². The number of amides is 2. The highest BCUT2D eigenvalue weighted by atomic mass is 32.1. The summed E-state index contributed by atoms with van der Waals surface area (Å²) in [5.41, 5.74) is 4.86. The van der Waals surface area contributed by atoms with Crippen LogP contribution < -0.4 is 15.5 Å². The van der Waals surface area contributed by atoms with E-state index in [1.807, 2.05) is 47.0 Å². The molecule has 4 heterocycles. The molecule has 9 heteroatoms. The predicted octanol–water partition coefficient (Wildman–Crippen LogP) is 2.90. The van der Waals surface area contributed by atoms with Crippen LogP contribution in [-0.2, 0) is 11.2 Å². The van der Waals surface area contributed by atoms with E-state index in [2.05, 4.69) is 15.6 Å². The van der Waals surface area contributed by atoms with Gasteiger partial charge in [-0.2, -0.15) is 0 Å². The topological polar surface area (TPSA) is 90.5 Å². The lowest BCUT2D eigenvalue weighted by Crippen LogP contribution is -2.33. The molecule has 2 aliphatic rings. The van der Waals surface area contributed by atoms with Gasteiger partial charge in [0, 0.05) is 65.5 Å². The van der Waals surface area contributed by atoms with Crippen LogP contribution in [0.25, 0.3) is 11.3 Å². The Bertz CT molecular complexity index is 1180. The number of aromatic nitrogens is 2. The Morgan fingerprint density at radius 2 is 2.03 bits per heavy atom. The molecule has 2 aromatic heterocycles. The maximum atomic E-state index is 12.7. The Kier molecular flexibility index (Phi) is 5.36. The van der Waals surface area contributed by atoms with Crippen molar-refractivity contribution in [1.29, 1.82) is 0 Å². The van der Waals surface area contributed by atoms with Gasteiger partial charge in [0.1, 0.15) is 0 Å². The number of likely N-dealkylation sites (tertiary alicyclic amines) is 1. The van der Waals surface area contributed by atoms with Crippen molar-refractivity contribution in [2.24, 2.45) is 0 Å². The largest absolute Gasteiger partial charge is 0.337 e. The highest BCUT2D eigenvalue weighted by Gasteiger charge is 2.27. The standard InChI is InChI=1S/C23H24N6O2S/c1-24-17-7-8-29(11-17)22(31)14-3-5-16(6-4-14)26-23-25-10-15-9-20(30)28(2)19-13-32-12-18(19)21(15)27-23/h3-6,10,12-13,17,24H,7-9,11H2,1-2H3,(H,25,26,27). The fraction of sp³-hybridized carbons (Fsp3) is 0.304. The molecule has 0 aliphatic carbocycles. The van der Waals surface area contributed by atoms with Gasteiger partial charge in [-0.1, -0.05) is 0 Å². The second-order valence-electron chi connectivity index (χ2n) is 8.10. The van der Waals surface area contributed by atoms with E-state index in [0.717, 1.165) is 47.7 Å². The maximum absolute atomic E-state index is 12.7. The number of thiophene rings is 1. The van der Waals surface area contributed by atoms with Gasteiger partial charge < -0.3 is 20.4 Å². The lowest BCUT2D eigenvalue weighted by molar-refractivity contribution is -0.117. The van der Waals surface area contributed by atoms with Gasteiger partial charge in [0.05, 0.1) is 17.8 Å². The van der Waals surface area contributed by atoms with Crippen LogP contribution in [0.15, 0.2) is 41.2 Å². The zero-order chi connectivity index (χ0) is 22.2. The summed E-state index contributed by atoms with van der Waals surface area (Å²) in [6.45, 7) is 1.51. The average molecular weight is 449 g/mol. The van der Waals surface area contributed by atoms with Crippen LogP contribution in [0.5, 0.6) is 0 Å². The van der Waals surface area contributed by atoms with Crippen molar-refractivity contribution in [1.82, 2.24) is 20.2 Å². The predicted molar refractivity (Wildman–Crippen MR) is 126 cm³/mol. The molecule has 5 rings (SSSR count). The maximum Gasteiger partial charge on any atom is 0.253 e. The van der Waals surface area contributed by atoms with E-state index in [9.17, 15) is 9.59 Å². The molecule has 8 nitrogen and oxygen atoms in total. The summed E-state index contributed by atoms with van der Waals surface area (Å²) >= 11 is 1.55. The van der Waals surface area contributed by atoms with Gasteiger partial charge in [0.25, 0.3) is 5.91 Å². The van der Waals surface area contributed by atoms with Crippen molar-refractivity contribution in [2.75, 3.05) is 37.4 Å². The van der Waals surface area contributed by atoms with Crippen molar-refractivity contribution in [2.45, 2.75) is 18.9 Å². The summed E-state index contributed by atoms with van der Waals surface area (Å²) in [5, 5.41) is 10.4. The summed E-state index contributed by atoms with van der Waals surface area (Å²) in [4.78, 5) is 37.9. The van der Waals surface area contributed by atoms with Crippen LogP contribution in [-0.4, -0.2) is 59.9 Å². The number of likely N-dealkylation sites (N-methyl/N-ethyl adjacent to an activating group) is 2. The number of anilines is 3. The van der Waals surface area contributed by atoms with Crippen LogP contribution in [0.1, 0.15) is 22.3 Å². The quantitative estimate of drug-likeness (QED) is 0.638. The van der Waals surface area contributed by atoms with E-state index >= 15 is 0 Å². The molecule has 32 heavy (non-hydrogen) atoms. The summed E-state index contributed by atoms with van der Waals surface area (Å²) in [5.74, 6) is 0.523. The minimum Gasteiger partial charge on any atom is -0.337 e. The number of nitrogens with one attached hydrogen (secondary N) is 2. The minimum absolute atomic E-state index is 0.0204. The summed E-state index contributed by atoms with van der Waals surface area (Å²) in [6.07, 6.45) is 2.96. The number of nitrogens with zero attached hydrogens (tertiary/aromatic N) is 4. The first-order valence-electron chi connectivity index (χ1n) is 10.6. The van der Waals surface area contributed by atoms with Crippen LogP contribution >= 0.6 is 11.3 Å². The first kappa shape index (κ1) is 20.6. The fourth-order valence-electron chi connectivity index (χ4n) is 4.16. The second-order valence-corrected chi connectivity index (χ2v) is 8.84. The number of hydrogen-bond acceptors (Lipinski definition) is 7. The Labute approximate surface area is 190 Å². The molecule has 1 fully saturated rings. The highest BCUT2D eigenvalue weighted by molar-refractivity contribution is 7.08. The smallest absolute Gasteiger partial charge is 0.253 e. The number of carbonyl (C=O) groups is 2. The van der Waals surface area contributed by atoms with Gasteiger partial charge in [0.2, 0.25) is 11.9 Å². The fourth-order valence-corrected chi connectivity index (χ4v) is 5.01. The van der Waals surface area contributed by atoms with Crippen molar-refractivity contribution in [3.8, 4) is 11.3 Å². The van der Waals surface area contributed by atoms with Gasteiger partial charge in [-0.25, -0.2) is 9.97 Å². The van der Waals surface area contributed by atoms with Crippen LogP contribution in [0.2, 0.25) is 0 Å². The van der Waals surface area contributed by atoms with E-state index in [4.69, 9.17) is 4.98 Å². The lowest BCUT2D eigenvalue weighted by Gasteiger charge is -2.16. The number of rotatable bonds is 4. The molecule has 1 atom stereocenters. The Morgan fingerprint density at radius 1 is 1.22 bits per heavy atom. The normalized spacial score (nSPS) is 17.7. The van der Waals surface area contributed by atoms with Crippen LogP contribution in [0.3, 0.4) is 0 Å². The minimum atomic E-state index is 0.0204. The number of hydrogen-bond donors (Lipinski definition) is 2. The van der Waals surface area contributed by atoms with Crippen molar-refractivity contribution in [3.63, 3.8) is 0 Å². The summed E-state index contributed by atoms with van der Waals surface area (Å²) < 4.78 is 0. The van der Waals surface area contributed by atoms with E-state index < -0.39 is 0 Å². The molecule has 1 aromatic carbocycles. The first-order chi connectivity index (χ1) is 15.5. The lowest BCUT2D eigenvalue weighted by atomic mass is 10.1. The zero-order valence-electron chi connectivity index (χ0n) is 18.0. The van der Waals surface area contributed by atoms with Gasteiger partial charge in [-0.3, -0.25) is 9.59 Å². The molecule has 164 valence electrons. The first-order valence-corrected chi connectivity index (χ1v) is 11.5. The third-order valence-corrected chi connectivity index (χ3v) is 6.84. The molecule has 0 radical (unpaired) electrons. The number of benzene rings is 1. The second kappa shape index (κ2) is 8.33. The van der Waals surface area contributed by atoms with Crippen LogP contribution in [0.4, 0.5) is 17.3 Å². The molecule has 0 saturated carbocycles. The van der Waals surface area contributed by atoms with Gasteiger partial charge in [-0.15, -0.1) is 11.3 Å². The number of fused-ring (bicyclic) bond motifs is 3. The van der Waals surface area contributed by atoms with Crippen LogP contribution in [0, 0.1) is 0 Å². The Morgan fingerprint density at radius 3 is 2.78 bits per heavy atom. The SMILES string of the molecule is CNC1CCN(C(=O)c2ccc(Nc3ncc4c(n3)-c3cscc3N(C)C(=O)C4)cc2)C1. The molecule has 3 aromatic rings. The Hall–Kier alpha value is -3.30. The van der Waals surface area contributed by atoms with Crippen molar-refractivity contribution < 1.29 is 9.59 Å². The third kappa shape index (κ3) is 3.74. The molecule has 0 bridgehead atoms. The third-order valence-electron chi connectivity index (χ3n) is 6.11. The monoisotopic (exact) mass is 448 g/mol. The summed E-state index contributed by atoms with van der Waals surface area (Å²) in [7, 11) is 3.72. The number of carbonyl (C=O) groups excluding carboxylic acids is 2. The molecule has 1 unspecified atom stereocenters. The van der Waals surface area contributed by atoms with E-state index in [1.165, 1.54) is 0 Å². The van der Waals surface area contributed by atoms with Gasteiger partial charge >= 0.3 is 0 Å². The Balaban J connectivity index is 1.35. The molecule has 2 aliphatic heterocycles. The van der Waals surface area contributed by atoms with Gasteiger partial charge in [-0.05, 0) is 37.7 Å². The zero-order valence-corrected chi connectivity index (χ0v) is 18.8. The van der Waals surface area contributed by atoms with Gasteiger partial charge in [0.15, 0.2) is 0 Å². The van der Waals surface area contributed by atoms with Crippen molar-refractivity contribution in [3.05, 3.63) is 52.3 Å².